The first-order chi connectivity index (χ1) is 6.27. The van der Waals surface area contributed by atoms with E-state index in [1.165, 1.54) is 12.8 Å². The standard InChI is InChI=1S/C8H9BN2.C2H6.B/c1-5-7(9)4-10-8(11-5)6-2-3-6;1-2;/h4,6H,2-3H2,1H3;1-2H3;. The van der Waals surface area contributed by atoms with Gasteiger partial charge in [0.05, 0.1) is 0 Å². The Labute approximate surface area is 89.5 Å². The Bertz CT molecular complexity index is 285. The lowest BCUT2D eigenvalue weighted by atomic mass is 9.97. The van der Waals surface area contributed by atoms with Crippen LogP contribution in [0.4, 0.5) is 0 Å². The van der Waals surface area contributed by atoms with Gasteiger partial charge in [-0.3, -0.25) is 0 Å². The molecule has 1 aliphatic carbocycles. The molecule has 0 bridgehead atoms. The minimum atomic E-state index is 0. The molecule has 1 heterocycles. The monoisotopic (exact) mass is 185 g/mol. The molecule has 0 amide bonds. The minimum absolute atomic E-state index is 0. The molecule has 4 heteroatoms. The van der Waals surface area contributed by atoms with E-state index >= 15 is 0 Å². The summed E-state index contributed by atoms with van der Waals surface area (Å²) in [6.45, 7) is 5.92. The fourth-order valence-corrected chi connectivity index (χ4v) is 1.03. The highest BCUT2D eigenvalue weighted by Gasteiger charge is 2.26. The van der Waals surface area contributed by atoms with Crippen LogP contribution in [0.1, 0.15) is 44.1 Å². The zero-order valence-corrected chi connectivity index (χ0v) is 9.12. The lowest BCUT2D eigenvalue weighted by molar-refractivity contribution is 0.913. The van der Waals surface area contributed by atoms with Crippen LogP contribution in [0.15, 0.2) is 6.20 Å². The van der Waals surface area contributed by atoms with Crippen LogP contribution < -0.4 is 5.46 Å². The summed E-state index contributed by atoms with van der Waals surface area (Å²) in [6.07, 6.45) is 4.18. The third-order valence-corrected chi connectivity index (χ3v) is 1.98. The molecule has 0 N–H and O–H groups in total. The van der Waals surface area contributed by atoms with Gasteiger partial charge in [0.1, 0.15) is 13.7 Å². The predicted molar refractivity (Wildman–Crippen MR) is 61.2 cm³/mol. The lowest BCUT2D eigenvalue weighted by Crippen LogP contribution is -2.12. The van der Waals surface area contributed by atoms with E-state index in [2.05, 4.69) is 9.97 Å². The van der Waals surface area contributed by atoms with Crippen molar-refractivity contribution >= 4 is 21.7 Å². The van der Waals surface area contributed by atoms with Crippen molar-refractivity contribution in [3.63, 3.8) is 0 Å². The number of hydrogen-bond donors (Lipinski definition) is 0. The van der Waals surface area contributed by atoms with Crippen LogP contribution in [0.2, 0.25) is 0 Å². The lowest BCUT2D eigenvalue weighted by Gasteiger charge is -2.00. The van der Waals surface area contributed by atoms with Crippen molar-refractivity contribution in [2.75, 3.05) is 0 Å². The molecule has 0 saturated heterocycles. The molecule has 0 aromatic carbocycles. The molecule has 0 spiro atoms. The number of hydrogen-bond acceptors (Lipinski definition) is 2. The summed E-state index contributed by atoms with van der Waals surface area (Å²) in [5, 5.41) is 0. The first-order valence-electron chi connectivity index (χ1n) is 4.86. The van der Waals surface area contributed by atoms with Gasteiger partial charge >= 0.3 is 0 Å². The zero-order chi connectivity index (χ0) is 9.84. The van der Waals surface area contributed by atoms with Gasteiger partial charge in [-0.1, -0.05) is 19.3 Å². The maximum absolute atomic E-state index is 5.58. The molecule has 1 aromatic heterocycles. The van der Waals surface area contributed by atoms with Crippen LogP contribution in [-0.2, 0) is 0 Å². The van der Waals surface area contributed by atoms with Crippen molar-refractivity contribution in [3.8, 4) is 0 Å². The van der Waals surface area contributed by atoms with Gasteiger partial charge in [0.2, 0.25) is 0 Å². The molecule has 5 radical (unpaired) electrons. The third-order valence-electron chi connectivity index (χ3n) is 1.98. The number of rotatable bonds is 1. The van der Waals surface area contributed by atoms with Crippen LogP contribution in [0, 0.1) is 6.92 Å². The Morgan fingerprint density at radius 3 is 2.36 bits per heavy atom. The highest BCUT2D eigenvalue weighted by Crippen LogP contribution is 2.37. The van der Waals surface area contributed by atoms with E-state index in [-0.39, 0.29) is 8.41 Å². The maximum atomic E-state index is 5.58. The van der Waals surface area contributed by atoms with Crippen LogP contribution in [0.3, 0.4) is 0 Å². The second-order valence-electron chi connectivity index (χ2n) is 3.04. The average Bonchev–Trinajstić information content (AvgIpc) is 2.96. The molecular weight excluding hydrogens is 170 g/mol. The normalized spacial score (nSPS) is 13.6. The van der Waals surface area contributed by atoms with E-state index in [9.17, 15) is 0 Å². The van der Waals surface area contributed by atoms with Crippen molar-refractivity contribution in [2.24, 2.45) is 0 Å². The smallest absolute Gasteiger partial charge is 0.131 e. The predicted octanol–water partition coefficient (Wildman–Crippen LogP) is 1.10. The Balaban J connectivity index is 0.000000531. The zero-order valence-electron chi connectivity index (χ0n) is 9.12. The maximum Gasteiger partial charge on any atom is 0.131 e. The second kappa shape index (κ2) is 5.84. The van der Waals surface area contributed by atoms with E-state index in [4.69, 9.17) is 7.85 Å². The summed E-state index contributed by atoms with van der Waals surface area (Å²) in [6, 6.07) is 0. The first kappa shape index (κ1) is 13.2. The van der Waals surface area contributed by atoms with Crippen molar-refractivity contribution < 1.29 is 0 Å². The molecule has 1 fully saturated rings. The summed E-state index contributed by atoms with van der Waals surface area (Å²) in [5.41, 5.74) is 1.59. The van der Waals surface area contributed by atoms with Crippen LogP contribution in [0.5, 0.6) is 0 Å². The van der Waals surface area contributed by atoms with Crippen LogP contribution >= 0.6 is 0 Å². The summed E-state index contributed by atoms with van der Waals surface area (Å²) >= 11 is 0. The van der Waals surface area contributed by atoms with Gasteiger partial charge in [-0.15, -0.1) is 0 Å². The molecule has 0 unspecified atom stereocenters. The Kier molecular flexibility index (Phi) is 5.51. The van der Waals surface area contributed by atoms with Gasteiger partial charge < -0.3 is 0 Å². The van der Waals surface area contributed by atoms with Crippen molar-refractivity contribution in [2.45, 2.75) is 39.5 Å². The molecule has 1 aromatic rings. The topological polar surface area (TPSA) is 25.8 Å². The summed E-state index contributed by atoms with van der Waals surface area (Å²) in [5.74, 6) is 1.59. The van der Waals surface area contributed by atoms with E-state index in [0.717, 1.165) is 11.5 Å². The molecular formula is C10H15B2N2. The molecule has 1 aliphatic rings. The number of nitrogens with zero attached hydrogens (tertiary/aromatic N) is 2. The quantitative estimate of drug-likeness (QED) is 0.612. The summed E-state index contributed by atoms with van der Waals surface area (Å²) in [7, 11) is 5.58. The van der Waals surface area contributed by atoms with Gasteiger partial charge in [-0.2, -0.15) is 0 Å². The molecule has 1 saturated carbocycles. The summed E-state index contributed by atoms with van der Waals surface area (Å²) < 4.78 is 0. The van der Waals surface area contributed by atoms with Crippen molar-refractivity contribution in [1.82, 2.24) is 9.97 Å². The van der Waals surface area contributed by atoms with E-state index in [1.54, 1.807) is 6.20 Å². The molecule has 0 aliphatic heterocycles. The summed E-state index contributed by atoms with van der Waals surface area (Å²) in [4.78, 5) is 8.46. The van der Waals surface area contributed by atoms with Gasteiger partial charge in [0, 0.05) is 26.2 Å². The molecule has 14 heavy (non-hydrogen) atoms. The van der Waals surface area contributed by atoms with Crippen LogP contribution in [-0.4, -0.2) is 26.2 Å². The van der Waals surface area contributed by atoms with Crippen LogP contribution in [0.25, 0.3) is 0 Å². The fraction of sp³-hybridized carbons (Fsp3) is 0.600. The second-order valence-corrected chi connectivity index (χ2v) is 3.04. The fourth-order valence-electron chi connectivity index (χ4n) is 1.03. The Morgan fingerprint density at radius 1 is 1.36 bits per heavy atom. The molecule has 0 atom stereocenters. The minimum Gasteiger partial charge on any atom is -0.242 e. The van der Waals surface area contributed by atoms with E-state index < -0.39 is 0 Å². The highest BCUT2D eigenvalue weighted by molar-refractivity contribution is 6.32. The van der Waals surface area contributed by atoms with Crippen molar-refractivity contribution in [1.29, 1.82) is 0 Å². The molecule has 2 nitrogen and oxygen atoms in total. The molecule has 2 rings (SSSR count). The Hall–Kier alpha value is -0.790. The van der Waals surface area contributed by atoms with Gasteiger partial charge in [0.25, 0.3) is 0 Å². The van der Waals surface area contributed by atoms with Gasteiger partial charge in [0.15, 0.2) is 0 Å². The third kappa shape index (κ3) is 3.17. The molecule has 71 valence electrons. The van der Waals surface area contributed by atoms with Gasteiger partial charge in [-0.05, 0) is 19.8 Å². The van der Waals surface area contributed by atoms with Gasteiger partial charge in [-0.25, -0.2) is 9.97 Å². The van der Waals surface area contributed by atoms with E-state index in [0.29, 0.717) is 11.4 Å². The average molecular weight is 185 g/mol. The number of aromatic nitrogens is 2. The highest BCUT2D eigenvalue weighted by atomic mass is 14.9. The number of aryl methyl sites for hydroxylation is 1. The SMILES string of the molecule is CC.[B].[B]c1cnc(C2CC2)nc1C. The first-order valence-corrected chi connectivity index (χ1v) is 4.86. The van der Waals surface area contributed by atoms with Crippen molar-refractivity contribution in [3.05, 3.63) is 17.7 Å². The largest absolute Gasteiger partial charge is 0.242 e. The van der Waals surface area contributed by atoms with E-state index in [1.807, 2.05) is 20.8 Å². The Morgan fingerprint density at radius 2 is 1.93 bits per heavy atom.